The lowest BCUT2D eigenvalue weighted by atomic mass is 9.95. The molecule has 0 saturated carbocycles. The molecule has 5 nitrogen and oxygen atoms in total. The molecule has 0 aromatic heterocycles. The Labute approximate surface area is 114 Å². The Morgan fingerprint density at radius 2 is 1.90 bits per heavy atom. The number of Topliss-reactive ketones (excluding diaryl/α,β-unsaturated/α-hetero) is 1. The van der Waals surface area contributed by atoms with Crippen LogP contribution in [0.25, 0.3) is 0 Å². The first-order valence-electron chi connectivity index (χ1n) is 6.10. The van der Waals surface area contributed by atoms with Gasteiger partial charge in [0.05, 0.1) is 12.0 Å². The topological polar surface area (TPSA) is 87.0 Å². The molecule has 1 aliphatic rings. The van der Waals surface area contributed by atoms with Crippen molar-refractivity contribution in [2.45, 2.75) is 12.5 Å². The Kier molecular flexibility index (Phi) is 2.75. The number of benzene rings is 2. The zero-order valence-electron chi connectivity index (χ0n) is 10.4. The quantitative estimate of drug-likeness (QED) is 0.694. The van der Waals surface area contributed by atoms with Crippen LogP contribution in [0.2, 0.25) is 0 Å². The van der Waals surface area contributed by atoms with E-state index < -0.39 is 6.10 Å². The molecule has 2 aromatic carbocycles. The average molecular weight is 272 g/mol. The van der Waals surface area contributed by atoms with Gasteiger partial charge in [-0.05, 0) is 24.3 Å². The minimum absolute atomic E-state index is 0.000599. The molecule has 102 valence electrons. The van der Waals surface area contributed by atoms with E-state index in [1.165, 1.54) is 24.3 Å². The summed E-state index contributed by atoms with van der Waals surface area (Å²) in [4.78, 5) is 12.1. The van der Waals surface area contributed by atoms with E-state index in [-0.39, 0.29) is 29.5 Å². The molecule has 0 radical (unpaired) electrons. The van der Waals surface area contributed by atoms with Crippen molar-refractivity contribution in [1.82, 2.24) is 0 Å². The molecular formula is C15H12O5. The fourth-order valence-corrected chi connectivity index (χ4v) is 2.29. The average Bonchev–Trinajstić information content (AvgIpc) is 2.42. The van der Waals surface area contributed by atoms with Crippen molar-refractivity contribution in [3.8, 4) is 23.0 Å². The van der Waals surface area contributed by atoms with Gasteiger partial charge >= 0.3 is 0 Å². The van der Waals surface area contributed by atoms with Crippen LogP contribution in [0.3, 0.4) is 0 Å². The highest BCUT2D eigenvalue weighted by molar-refractivity contribution is 6.00. The van der Waals surface area contributed by atoms with E-state index in [1.807, 2.05) is 0 Å². The second-order valence-corrected chi connectivity index (χ2v) is 4.63. The fraction of sp³-hybridized carbons (Fsp3) is 0.133. The number of phenols is 3. The Bertz CT molecular complexity index is 693. The van der Waals surface area contributed by atoms with E-state index in [2.05, 4.69) is 0 Å². The number of aromatic hydroxyl groups is 3. The number of hydrogen-bond donors (Lipinski definition) is 3. The number of ether oxygens (including phenoxy) is 1. The SMILES string of the molecule is O=C1CC(c2cccc(O)c2O)Oc2ccc(O)cc21. The number of phenolic OH excluding ortho intramolecular Hbond substituents is 3. The Morgan fingerprint density at radius 1 is 1.10 bits per heavy atom. The molecular weight excluding hydrogens is 260 g/mol. The van der Waals surface area contributed by atoms with Crippen molar-refractivity contribution in [1.29, 1.82) is 0 Å². The van der Waals surface area contributed by atoms with E-state index in [4.69, 9.17) is 4.74 Å². The number of carbonyl (C=O) groups excluding carboxylic acids is 1. The van der Waals surface area contributed by atoms with Gasteiger partial charge in [-0.1, -0.05) is 12.1 Å². The second kappa shape index (κ2) is 4.45. The summed E-state index contributed by atoms with van der Waals surface area (Å²) < 4.78 is 5.68. The summed E-state index contributed by atoms with van der Waals surface area (Å²) in [6, 6.07) is 8.82. The number of carbonyl (C=O) groups is 1. The molecule has 0 saturated heterocycles. The molecule has 0 spiro atoms. The Hall–Kier alpha value is -2.69. The molecule has 1 atom stereocenters. The number of para-hydroxylation sites is 1. The summed E-state index contributed by atoms with van der Waals surface area (Å²) in [6.07, 6.45) is -0.625. The van der Waals surface area contributed by atoms with Crippen LogP contribution in [0.4, 0.5) is 0 Å². The van der Waals surface area contributed by atoms with Gasteiger partial charge in [-0.2, -0.15) is 0 Å². The Morgan fingerprint density at radius 3 is 2.70 bits per heavy atom. The number of fused-ring (bicyclic) bond motifs is 1. The number of hydrogen-bond acceptors (Lipinski definition) is 5. The van der Waals surface area contributed by atoms with Gasteiger partial charge in [0.2, 0.25) is 0 Å². The van der Waals surface area contributed by atoms with E-state index in [1.54, 1.807) is 12.1 Å². The van der Waals surface area contributed by atoms with E-state index in [0.717, 1.165) is 0 Å². The molecule has 5 heteroatoms. The smallest absolute Gasteiger partial charge is 0.170 e. The molecule has 1 aliphatic heterocycles. The van der Waals surface area contributed by atoms with Crippen LogP contribution in [-0.2, 0) is 0 Å². The zero-order valence-corrected chi connectivity index (χ0v) is 10.4. The van der Waals surface area contributed by atoms with E-state index in [9.17, 15) is 20.1 Å². The molecule has 0 aliphatic carbocycles. The monoisotopic (exact) mass is 272 g/mol. The molecule has 1 unspecified atom stereocenters. The molecule has 2 aromatic rings. The van der Waals surface area contributed by atoms with Gasteiger partial charge in [-0.3, -0.25) is 4.79 Å². The Balaban J connectivity index is 2.01. The summed E-state index contributed by atoms with van der Waals surface area (Å²) in [5, 5.41) is 28.7. The highest BCUT2D eigenvalue weighted by Crippen LogP contribution is 2.41. The van der Waals surface area contributed by atoms with Gasteiger partial charge in [-0.25, -0.2) is 0 Å². The largest absolute Gasteiger partial charge is 0.508 e. The van der Waals surface area contributed by atoms with Crippen molar-refractivity contribution in [3.63, 3.8) is 0 Å². The lowest BCUT2D eigenvalue weighted by Gasteiger charge is -2.26. The first-order valence-corrected chi connectivity index (χ1v) is 6.10. The van der Waals surface area contributed by atoms with Crippen LogP contribution >= 0.6 is 0 Å². The van der Waals surface area contributed by atoms with Gasteiger partial charge < -0.3 is 20.1 Å². The maximum absolute atomic E-state index is 12.1. The molecule has 1 heterocycles. The van der Waals surface area contributed by atoms with Gasteiger partial charge in [0.25, 0.3) is 0 Å². The van der Waals surface area contributed by atoms with Crippen LogP contribution in [0.15, 0.2) is 36.4 Å². The third-order valence-corrected chi connectivity index (χ3v) is 3.30. The molecule has 3 N–H and O–H groups in total. The third kappa shape index (κ3) is 1.93. The van der Waals surface area contributed by atoms with Crippen LogP contribution in [-0.4, -0.2) is 21.1 Å². The van der Waals surface area contributed by atoms with Crippen LogP contribution < -0.4 is 4.74 Å². The highest BCUT2D eigenvalue weighted by Gasteiger charge is 2.30. The van der Waals surface area contributed by atoms with Gasteiger partial charge in [0, 0.05) is 5.56 Å². The summed E-state index contributed by atoms with van der Waals surface area (Å²) in [5.74, 6) is -0.372. The predicted molar refractivity (Wildman–Crippen MR) is 70.2 cm³/mol. The molecule has 3 rings (SSSR count). The fourth-order valence-electron chi connectivity index (χ4n) is 2.29. The van der Waals surface area contributed by atoms with Crippen LogP contribution in [0, 0.1) is 0 Å². The maximum atomic E-state index is 12.1. The summed E-state index contributed by atoms with van der Waals surface area (Å²) in [6.45, 7) is 0. The molecule has 0 fully saturated rings. The minimum Gasteiger partial charge on any atom is -0.508 e. The molecule has 20 heavy (non-hydrogen) atoms. The summed E-state index contributed by atoms with van der Waals surface area (Å²) in [5.41, 5.74) is 0.679. The van der Waals surface area contributed by atoms with Crippen molar-refractivity contribution in [2.24, 2.45) is 0 Å². The van der Waals surface area contributed by atoms with E-state index >= 15 is 0 Å². The predicted octanol–water partition coefficient (Wildman–Crippen LogP) is 2.51. The molecule has 0 bridgehead atoms. The van der Waals surface area contributed by atoms with Gasteiger partial charge in [0.15, 0.2) is 17.3 Å². The van der Waals surface area contributed by atoms with Gasteiger partial charge in [-0.15, -0.1) is 0 Å². The van der Waals surface area contributed by atoms with E-state index in [0.29, 0.717) is 16.9 Å². The standard InChI is InChI=1S/C15H12O5/c16-8-4-5-13-10(6-8)12(18)7-14(20-13)9-2-1-3-11(17)15(9)19/h1-6,14,16-17,19H,7H2. The van der Waals surface area contributed by atoms with Crippen molar-refractivity contribution < 1.29 is 24.9 Å². The summed E-state index contributed by atoms with van der Waals surface area (Å²) in [7, 11) is 0. The lowest BCUT2D eigenvalue weighted by Crippen LogP contribution is -2.20. The number of ketones is 1. The first-order chi connectivity index (χ1) is 9.56. The van der Waals surface area contributed by atoms with Crippen molar-refractivity contribution in [2.75, 3.05) is 0 Å². The highest BCUT2D eigenvalue weighted by atomic mass is 16.5. The first kappa shape index (κ1) is 12.3. The molecule has 0 amide bonds. The van der Waals surface area contributed by atoms with Crippen molar-refractivity contribution in [3.05, 3.63) is 47.5 Å². The zero-order chi connectivity index (χ0) is 14.3. The van der Waals surface area contributed by atoms with Crippen LogP contribution in [0.1, 0.15) is 28.4 Å². The maximum Gasteiger partial charge on any atom is 0.170 e. The van der Waals surface area contributed by atoms with Crippen LogP contribution in [0.5, 0.6) is 23.0 Å². The number of rotatable bonds is 1. The summed E-state index contributed by atoms with van der Waals surface area (Å²) >= 11 is 0. The minimum atomic E-state index is -0.661. The third-order valence-electron chi connectivity index (χ3n) is 3.30. The van der Waals surface area contributed by atoms with Gasteiger partial charge in [0.1, 0.15) is 17.6 Å². The lowest BCUT2D eigenvalue weighted by molar-refractivity contribution is 0.0846. The normalized spacial score (nSPS) is 17.4. The second-order valence-electron chi connectivity index (χ2n) is 4.63. The van der Waals surface area contributed by atoms with Crippen molar-refractivity contribution >= 4 is 5.78 Å².